The van der Waals surface area contributed by atoms with Gasteiger partial charge in [-0.2, -0.15) is 0 Å². The number of carbonyl (C=O) groups is 3. The van der Waals surface area contributed by atoms with E-state index in [1.165, 1.54) is 10.5 Å². The molecule has 0 unspecified atom stereocenters. The summed E-state index contributed by atoms with van der Waals surface area (Å²) in [6.45, 7) is 4.36. The molecule has 1 aliphatic carbocycles. The summed E-state index contributed by atoms with van der Waals surface area (Å²) in [7, 11) is 0. The minimum atomic E-state index is -1.39. The number of amides is 2. The number of anilines is 1. The highest BCUT2D eigenvalue weighted by atomic mass is 16.5. The van der Waals surface area contributed by atoms with Crippen LogP contribution in [0.2, 0.25) is 0 Å². The van der Waals surface area contributed by atoms with Crippen LogP contribution in [0.5, 0.6) is 0 Å². The summed E-state index contributed by atoms with van der Waals surface area (Å²) in [6, 6.07) is 15.0. The number of hydrogen-bond donors (Lipinski definition) is 0. The van der Waals surface area contributed by atoms with Crippen LogP contribution in [0.25, 0.3) is 0 Å². The summed E-state index contributed by atoms with van der Waals surface area (Å²) in [4.78, 5) is 43.1. The van der Waals surface area contributed by atoms with E-state index in [2.05, 4.69) is 13.8 Å². The predicted molar refractivity (Wildman–Crippen MR) is 115 cm³/mol. The van der Waals surface area contributed by atoms with Gasteiger partial charge in [-0.25, -0.2) is 4.79 Å². The molecule has 2 heterocycles. The van der Waals surface area contributed by atoms with Crippen LogP contribution in [-0.2, 0) is 20.9 Å². The largest absolute Gasteiger partial charge is 0.458 e. The molecule has 0 aromatic heterocycles. The van der Waals surface area contributed by atoms with Gasteiger partial charge in [0.2, 0.25) is 11.6 Å². The standard InChI is InChI=1S/C25H26N2O4/c1-16(2)18-9-7-17(8-10-18)15-31-24(30)25-14-13-22(28)27(25)21-6-4-3-5-20(21)23(29)26(25)19-11-12-19/h3-10,16,19H,11-15H2,1-2H3/t25-/m0/s1. The Morgan fingerprint density at radius 2 is 1.81 bits per heavy atom. The molecule has 0 spiro atoms. The van der Waals surface area contributed by atoms with Gasteiger partial charge in [0.15, 0.2) is 0 Å². The van der Waals surface area contributed by atoms with Gasteiger partial charge >= 0.3 is 5.97 Å². The highest BCUT2D eigenvalue weighted by molar-refractivity contribution is 6.15. The highest BCUT2D eigenvalue weighted by Gasteiger charge is 2.64. The number of esters is 1. The monoisotopic (exact) mass is 418 g/mol. The van der Waals surface area contributed by atoms with Crippen LogP contribution in [-0.4, -0.2) is 34.4 Å². The van der Waals surface area contributed by atoms with Gasteiger partial charge in [-0.05, 0) is 42.0 Å². The van der Waals surface area contributed by atoms with Crippen LogP contribution in [0.3, 0.4) is 0 Å². The van der Waals surface area contributed by atoms with Gasteiger partial charge in [0, 0.05) is 18.9 Å². The fourth-order valence-corrected chi connectivity index (χ4v) is 4.78. The molecule has 1 atom stereocenters. The fraction of sp³-hybridized carbons (Fsp3) is 0.400. The number of hydrogen-bond acceptors (Lipinski definition) is 4. The van der Waals surface area contributed by atoms with E-state index in [1.54, 1.807) is 29.2 Å². The van der Waals surface area contributed by atoms with E-state index in [0.29, 0.717) is 17.2 Å². The summed E-state index contributed by atoms with van der Waals surface area (Å²) >= 11 is 0. The summed E-state index contributed by atoms with van der Waals surface area (Å²) < 4.78 is 5.77. The SMILES string of the molecule is CC(C)c1ccc(COC(=O)[C@]23CCC(=O)N2c2ccccc2C(=O)N3C2CC2)cc1. The van der Waals surface area contributed by atoms with Gasteiger partial charge in [-0.1, -0.05) is 50.2 Å². The van der Waals surface area contributed by atoms with Gasteiger partial charge in [0.25, 0.3) is 5.91 Å². The molecular weight excluding hydrogens is 392 g/mol. The Bertz CT molecular complexity index is 1060. The van der Waals surface area contributed by atoms with Gasteiger partial charge < -0.3 is 9.64 Å². The lowest BCUT2D eigenvalue weighted by Crippen LogP contribution is -2.69. The molecule has 2 aliphatic heterocycles. The smallest absolute Gasteiger partial charge is 0.354 e. The molecule has 6 nitrogen and oxygen atoms in total. The van der Waals surface area contributed by atoms with Crippen molar-refractivity contribution in [3.63, 3.8) is 0 Å². The van der Waals surface area contributed by atoms with Gasteiger partial charge in [-0.15, -0.1) is 0 Å². The molecule has 1 saturated carbocycles. The van der Waals surface area contributed by atoms with Crippen molar-refractivity contribution < 1.29 is 19.1 Å². The van der Waals surface area contributed by atoms with Crippen molar-refractivity contribution in [3.05, 3.63) is 65.2 Å². The van der Waals surface area contributed by atoms with Crippen molar-refractivity contribution in [3.8, 4) is 0 Å². The number of rotatable bonds is 5. The third-order valence-corrected chi connectivity index (χ3v) is 6.55. The Hall–Kier alpha value is -3.15. The van der Waals surface area contributed by atoms with Crippen LogP contribution < -0.4 is 4.90 Å². The molecule has 0 radical (unpaired) electrons. The normalized spacial score (nSPS) is 22.5. The van der Waals surface area contributed by atoms with Crippen LogP contribution in [0.4, 0.5) is 5.69 Å². The third kappa shape index (κ3) is 3.04. The minimum Gasteiger partial charge on any atom is -0.458 e. The van der Waals surface area contributed by atoms with Gasteiger partial charge in [0.05, 0.1) is 11.3 Å². The number of ether oxygens (including phenoxy) is 1. The van der Waals surface area contributed by atoms with Gasteiger partial charge in [-0.3, -0.25) is 14.5 Å². The second kappa shape index (κ2) is 7.22. The molecule has 2 aromatic rings. The molecule has 5 rings (SSSR count). The first-order valence-corrected chi connectivity index (χ1v) is 11.0. The Labute approximate surface area is 181 Å². The summed E-state index contributed by atoms with van der Waals surface area (Å²) in [5, 5.41) is 0. The topological polar surface area (TPSA) is 66.9 Å². The van der Waals surface area contributed by atoms with E-state index in [9.17, 15) is 14.4 Å². The molecular formula is C25H26N2O4. The van der Waals surface area contributed by atoms with Crippen molar-refractivity contribution >= 4 is 23.5 Å². The van der Waals surface area contributed by atoms with E-state index in [4.69, 9.17) is 4.74 Å². The van der Waals surface area contributed by atoms with E-state index in [0.717, 1.165) is 18.4 Å². The van der Waals surface area contributed by atoms with Crippen LogP contribution in [0.1, 0.15) is 66.9 Å². The number of benzene rings is 2. The van der Waals surface area contributed by atoms with E-state index in [1.807, 2.05) is 24.3 Å². The first-order chi connectivity index (χ1) is 14.9. The molecule has 6 heteroatoms. The average Bonchev–Trinajstić information content (AvgIpc) is 3.54. The number of carbonyl (C=O) groups excluding carboxylic acids is 3. The maximum Gasteiger partial charge on any atom is 0.354 e. The van der Waals surface area contributed by atoms with Gasteiger partial charge in [0.1, 0.15) is 6.61 Å². The Balaban J connectivity index is 1.48. The lowest BCUT2D eigenvalue weighted by molar-refractivity contribution is -0.159. The average molecular weight is 418 g/mol. The van der Waals surface area contributed by atoms with Crippen molar-refractivity contribution in [1.29, 1.82) is 0 Å². The second-order valence-corrected chi connectivity index (χ2v) is 8.94. The van der Waals surface area contributed by atoms with Crippen molar-refractivity contribution in [2.45, 2.75) is 63.8 Å². The molecule has 2 aromatic carbocycles. The van der Waals surface area contributed by atoms with Crippen molar-refractivity contribution in [2.75, 3.05) is 4.90 Å². The van der Waals surface area contributed by atoms with E-state index in [-0.39, 0.29) is 37.3 Å². The maximum atomic E-state index is 13.6. The lowest BCUT2D eigenvalue weighted by Gasteiger charge is -2.48. The summed E-state index contributed by atoms with van der Waals surface area (Å²) in [5.41, 5.74) is 1.69. The predicted octanol–water partition coefficient (Wildman–Crippen LogP) is 3.99. The quantitative estimate of drug-likeness (QED) is 0.689. The van der Waals surface area contributed by atoms with E-state index < -0.39 is 11.6 Å². The van der Waals surface area contributed by atoms with Crippen molar-refractivity contribution in [2.24, 2.45) is 0 Å². The van der Waals surface area contributed by atoms with Crippen LogP contribution in [0, 0.1) is 0 Å². The maximum absolute atomic E-state index is 13.6. The number of nitrogens with zero attached hydrogens (tertiary/aromatic N) is 2. The zero-order chi connectivity index (χ0) is 21.8. The fourth-order valence-electron chi connectivity index (χ4n) is 4.78. The Morgan fingerprint density at radius 1 is 1.10 bits per heavy atom. The second-order valence-electron chi connectivity index (χ2n) is 8.94. The third-order valence-electron chi connectivity index (χ3n) is 6.55. The highest BCUT2D eigenvalue weighted by Crippen LogP contribution is 2.49. The number of fused-ring (bicyclic) bond motifs is 3. The lowest BCUT2D eigenvalue weighted by atomic mass is 9.96. The summed E-state index contributed by atoms with van der Waals surface area (Å²) in [6.07, 6.45) is 2.14. The molecule has 0 N–H and O–H groups in total. The van der Waals surface area contributed by atoms with E-state index >= 15 is 0 Å². The first-order valence-electron chi connectivity index (χ1n) is 11.0. The molecule has 2 amide bonds. The van der Waals surface area contributed by atoms with Crippen LogP contribution in [0.15, 0.2) is 48.5 Å². The minimum absolute atomic E-state index is 0.0351. The molecule has 3 aliphatic rings. The first kappa shape index (κ1) is 19.8. The van der Waals surface area contributed by atoms with Crippen molar-refractivity contribution in [1.82, 2.24) is 4.90 Å². The van der Waals surface area contributed by atoms with Crippen LogP contribution >= 0.6 is 0 Å². The number of para-hydroxylation sites is 1. The zero-order valence-corrected chi connectivity index (χ0v) is 17.8. The zero-order valence-electron chi connectivity index (χ0n) is 17.8. The Kier molecular flexibility index (Phi) is 4.61. The Morgan fingerprint density at radius 3 is 2.48 bits per heavy atom. The molecule has 1 saturated heterocycles. The molecule has 31 heavy (non-hydrogen) atoms. The summed E-state index contributed by atoms with van der Waals surface area (Å²) in [5.74, 6) is -0.443. The molecule has 2 fully saturated rings. The molecule has 0 bridgehead atoms. The molecule has 160 valence electrons.